The van der Waals surface area contributed by atoms with E-state index in [1.165, 1.54) is 24.3 Å². The van der Waals surface area contributed by atoms with Crippen LogP contribution < -0.4 is 0 Å². The van der Waals surface area contributed by atoms with Crippen molar-refractivity contribution in [3.8, 4) is 39.4 Å². The maximum absolute atomic E-state index is 13.3. The predicted molar refractivity (Wildman–Crippen MR) is 109 cm³/mol. The van der Waals surface area contributed by atoms with E-state index in [9.17, 15) is 19.6 Å². The number of benzene rings is 3. The zero-order valence-corrected chi connectivity index (χ0v) is 15.1. The van der Waals surface area contributed by atoms with Gasteiger partial charge in [0.25, 0.3) is 5.69 Å². The van der Waals surface area contributed by atoms with Gasteiger partial charge in [-0.2, -0.15) is 0 Å². The Balaban J connectivity index is 1.86. The number of hydrogen-bond acceptors (Lipinski definition) is 4. The molecule has 3 aromatic carbocycles. The monoisotopic (exact) mass is 386 g/mol. The molecule has 1 heterocycles. The SMILES string of the molecule is O=[N+]([O-])c1ccc(-c2cc(-c3ccc(O)cc3)nc(-c3ccc(F)cc3)c2)cc1. The fourth-order valence-corrected chi connectivity index (χ4v) is 3.02. The fraction of sp³-hybridized carbons (Fsp3) is 0. The number of halogens is 1. The van der Waals surface area contributed by atoms with E-state index >= 15 is 0 Å². The minimum Gasteiger partial charge on any atom is -0.508 e. The van der Waals surface area contributed by atoms with Gasteiger partial charge in [-0.1, -0.05) is 0 Å². The van der Waals surface area contributed by atoms with E-state index < -0.39 is 4.92 Å². The van der Waals surface area contributed by atoms with Gasteiger partial charge in [-0.25, -0.2) is 9.37 Å². The molecule has 4 aromatic rings. The summed E-state index contributed by atoms with van der Waals surface area (Å²) in [5.74, 6) is -0.182. The second kappa shape index (κ2) is 7.52. The van der Waals surface area contributed by atoms with Gasteiger partial charge in [-0.15, -0.1) is 0 Å². The Kier molecular flexibility index (Phi) is 4.75. The van der Waals surface area contributed by atoms with Gasteiger partial charge in [-0.3, -0.25) is 10.1 Å². The summed E-state index contributed by atoms with van der Waals surface area (Å²) in [6.07, 6.45) is 0. The van der Waals surface area contributed by atoms with Crippen molar-refractivity contribution in [3.05, 3.63) is 101 Å². The number of aromatic hydroxyl groups is 1. The van der Waals surface area contributed by atoms with Crippen molar-refractivity contribution in [2.45, 2.75) is 0 Å². The van der Waals surface area contributed by atoms with Crippen molar-refractivity contribution in [3.63, 3.8) is 0 Å². The summed E-state index contributed by atoms with van der Waals surface area (Å²) in [5, 5.41) is 20.5. The number of hydrogen-bond donors (Lipinski definition) is 1. The van der Waals surface area contributed by atoms with Gasteiger partial charge in [-0.05, 0) is 83.9 Å². The van der Waals surface area contributed by atoms with Gasteiger partial charge in [0.15, 0.2) is 0 Å². The fourth-order valence-electron chi connectivity index (χ4n) is 3.02. The second-order valence-corrected chi connectivity index (χ2v) is 6.48. The third kappa shape index (κ3) is 3.96. The molecule has 0 radical (unpaired) electrons. The maximum Gasteiger partial charge on any atom is 0.269 e. The zero-order valence-electron chi connectivity index (χ0n) is 15.1. The molecular weight excluding hydrogens is 371 g/mol. The number of nitro benzene ring substituents is 1. The van der Waals surface area contributed by atoms with Crippen molar-refractivity contribution >= 4 is 5.69 Å². The number of nitrogens with zero attached hydrogens (tertiary/aromatic N) is 2. The van der Waals surface area contributed by atoms with Gasteiger partial charge < -0.3 is 5.11 Å². The average Bonchev–Trinajstić information content (AvgIpc) is 2.74. The van der Waals surface area contributed by atoms with Crippen LogP contribution in [-0.2, 0) is 0 Å². The number of rotatable bonds is 4. The van der Waals surface area contributed by atoms with Crippen molar-refractivity contribution in [1.29, 1.82) is 0 Å². The predicted octanol–water partition coefficient (Wildman–Crippen LogP) is 5.84. The molecule has 0 aliphatic rings. The van der Waals surface area contributed by atoms with Crippen LogP contribution in [0, 0.1) is 15.9 Å². The molecule has 1 N–H and O–H groups in total. The van der Waals surface area contributed by atoms with Crippen LogP contribution in [0.2, 0.25) is 0 Å². The molecule has 29 heavy (non-hydrogen) atoms. The molecular formula is C23H15FN2O3. The lowest BCUT2D eigenvalue weighted by Gasteiger charge is -2.10. The molecule has 0 atom stereocenters. The summed E-state index contributed by atoms with van der Waals surface area (Å²) in [6, 6.07) is 22.7. The van der Waals surface area contributed by atoms with Gasteiger partial charge in [0.2, 0.25) is 0 Å². The first-order valence-electron chi connectivity index (χ1n) is 8.82. The van der Waals surface area contributed by atoms with E-state index in [1.54, 1.807) is 48.5 Å². The van der Waals surface area contributed by atoms with E-state index in [1.807, 2.05) is 12.1 Å². The van der Waals surface area contributed by atoms with E-state index in [0.29, 0.717) is 11.4 Å². The zero-order chi connectivity index (χ0) is 20.4. The molecule has 0 unspecified atom stereocenters. The quantitative estimate of drug-likeness (QED) is 0.353. The minimum absolute atomic E-state index is 0.0142. The summed E-state index contributed by atoms with van der Waals surface area (Å²) in [5.41, 5.74) is 4.48. The molecule has 0 spiro atoms. The Morgan fingerprint density at radius 1 is 0.724 bits per heavy atom. The summed E-state index contributed by atoms with van der Waals surface area (Å²) < 4.78 is 13.3. The standard InChI is InChI=1S/C23H15FN2O3/c24-19-7-1-16(2-8-19)22-13-18(15-3-9-20(10-4-15)26(28)29)14-23(25-22)17-5-11-21(27)12-6-17/h1-14,27H. The second-order valence-electron chi connectivity index (χ2n) is 6.48. The van der Waals surface area contributed by atoms with E-state index in [4.69, 9.17) is 4.98 Å². The van der Waals surface area contributed by atoms with Crippen molar-refractivity contribution in [2.75, 3.05) is 0 Å². The van der Waals surface area contributed by atoms with E-state index in [-0.39, 0.29) is 17.3 Å². The Morgan fingerprint density at radius 3 is 1.72 bits per heavy atom. The van der Waals surface area contributed by atoms with Crippen molar-refractivity contribution in [2.24, 2.45) is 0 Å². The molecule has 0 amide bonds. The van der Waals surface area contributed by atoms with Crippen LogP contribution in [0.3, 0.4) is 0 Å². The number of pyridine rings is 1. The van der Waals surface area contributed by atoms with E-state index in [0.717, 1.165) is 22.3 Å². The van der Waals surface area contributed by atoms with Crippen LogP contribution in [0.15, 0.2) is 84.9 Å². The Labute approximate surface area is 165 Å². The lowest BCUT2D eigenvalue weighted by molar-refractivity contribution is -0.384. The lowest BCUT2D eigenvalue weighted by atomic mass is 10.00. The first-order valence-corrected chi connectivity index (χ1v) is 8.82. The Morgan fingerprint density at radius 2 is 1.21 bits per heavy atom. The topological polar surface area (TPSA) is 76.3 Å². The highest BCUT2D eigenvalue weighted by molar-refractivity contribution is 5.77. The minimum atomic E-state index is -0.442. The molecule has 0 saturated heterocycles. The van der Waals surface area contributed by atoms with Gasteiger partial charge in [0.05, 0.1) is 16.3 Å². The lowest BCUT2D eigenvalue weighted by Crippen LogP contribution is -1.92. The summed E-state index contributed by atoms with van der Waals surface area (Å²) in [6.45, 7) is 0. The first-order chi connectivity index (χ1) is 14.0. The number of non-ortho nitro benzene ring substituents is 1. The third-order valence-corrected chi connectivity index (χ3v) is 4.54. The summed E-state index contributed by atoms with van der Waals surface area (Å²) in [4.78, 5) is 15.2. The molecule has 1 aromatic heterocycles. The van der Waals surface area contributed by atoms with Crippen LogP contribution in [-0.4, -0.2) is 15.0 Å². The molecule has 0 saturated carbocycles. The first kappa shape index (κ1) is 18.3. The van der Waals surface area contributed by atoms with Crippen LogP contribution in [0.1, 0.15) is 0 Å². The van der Waals surface area contributed by atoms with Crippen LogP contribution >= 0.6 is 0 Å². The Hall–Kier alpha value is -4.06. The molecule has 0 bridgehead atoms. The van der Waals surface area contributed by atoms with Crippen LogP contribution in [0.4, 0.5) is 10.1 Å². The van der Waals surface area contributed by atoms with Crippen molar-refractivity contribution in [1.82, 2.24) is 4.98 Å². The highest BCUT2D eigenvalue weighted by Gasteiger charge is 2.11. The molecule has 4 rings (SSSR count). The molecule has 0 aliphatic carbocycles. The number of phenolic OH excluding ortho intramolecular Hbond substituents is 1. The van der Waals surface area contributed by atoms with Crippen molar-refractivity contribution < 1.29 is 14.4 Å². The molecule has 0 fully saturated rings. The van der Waals surface area contributed by atoms with Gasteiger partial charge >= 0.3 is 0 Å². The smallest absolute Gasteiger partial charge is 0.269 e. The number of aromatic nitrogens is 1. The highest BCUT2D eigenvalue weighted by Crippen LogP contribution is 2.31. The van der Waals surface area contributed by atoms with Crippen LogP contribution in [0.25, 0.3) is 33.6 Å². The number of nitro groups is 1. The summed E-state index contributed by atoms with van der Waals surface area (Å²) in [7, 11) is 0. The largest absolute Gasteiger partial charge is 0.508 e. The molecule has 5 nitrogen and oxygen atoms in total. The number of phenols is 1. The summed E-state index contributed by atoms with van der Waals surface area (Å²) >= 11 is 0. The molecule has 6 heteroatoms. The van der Waals surface area contributed by atoms with Crippen LogP contribution in [0.5, 0.6) is 5.75 Å². The Bertz CT molecular complexity index is 1110. The third-order valence-electron chi connectivity index (χ3n) is 4.54. The van der Waals surface area contributed by atoms with E-state index in [2.05, 4.69) is 0 Å². The van der Waals surface area contributed by atoms with Gasteiger partial charge in [0.1, 0.15) is 11.6 Å². The molecule has 142 valence electrons. The maximum atomic E-state index is 13.3. The highest BCUT2D eigenvalue weighted by atomic mass is 19.1. The normalized spacial score (nSPS) is 10.7. The molecule has 0 aliphatic heterocycles. The van der Waals surface area contributed by atoms with Gasteiger partial charge in [0, 0.05) is 23.3 Å². The average molecular weight is 386 g/mol.